The molecule has 0 spiro atoms. The number of aromatic nitrogens is 3. The Morgan fingerprint density at radius 2 is 1.60 bits per heavy atom. The summed E-state index contributed by atoms with van der Waals surface area (Å²) in [4.78, 5) is 14.8. The number of urea groups is 1. The monoisotopic (exact) mass is 358 g/mol. The number of benzene rings is 2. The zero-order valence-corrected chi connectivity index (χ0v) is 14.0. The lowest BCUT2D eigenvalue weighted by atomic mass is 10.3. The van der Waals surface area contributed by atoms with Gasteiger partial charge in [0.1, 0.15) is 5.75 Å². The number of ether oxygens (including phenoxy) is 1. The van der Waals surface area contributed by atoms with Gasteiger partial charge in [-0.2, -0.15) is 0 Å². The lowest BCUT2D eigenvalue weighted by Crippen LogP contribution is -2.20. The minimum absolute atomic E-state index is 0.211. The molecule has 9 heteroatoms. The summed E-state index contributed by atoms with van der Waals surface area (Å²) in [6.45, 7) is 0. The highest BCUT2D eigenvalue weighted by Crippen LogP contribution is 2.18. The molecule has 3 aromatic rings. The number of nitrogens with one attached hydrogen (secondary N) is 4. The van der Waals surface area contributed by atoms with E-state index in [1.807, 2.05) is 24.3 Å². The van der Waals surface area contributed by atoms with Gasteiger partial charge in [0, 0.05) is 16.4 Å². The van der Waals surface area contributed by atoms with Gasteiger partial charge >= 0.3 is 6.03 Å². The minimum Gasteiger partial charge on any atom is -0.497 e. The zero-order valence-electron chi connectivity index (χ0n) is 13.2. The Morgan fingerprint density at radius 1 is 0.960 bits per heavy atom. The maximum absolute atomic E-state index is 11.9. The van der Waals surface area contributed by atoms with Crippen LogP contribution >= 0.6 is 11.6 Å². The van der Waals surface area contributed by atoms with Crippen LogP contribution in [-0.2, 0) is 0 Å². The molecule has 128 valence electrons. The zero-order chi connectivity index (χ0) is 17.6. The number of amides is 2. The van der Waals surface area contributed by atoms with Gasteiger partial charge in [-0.05, 0) is 48.5 Å². The van der Waals surface area contributed by atoms with E-state index in [1.54, 1.807) is 31.4 Å². The number of halogens is 1. The Labute approximate surface area is 148 Å². The summed E-state index contributed by atoms with van der Waals surface area (Å²) in [7, 11) is 1.60. The van der Waals surface area contributed by atoms with Crippen LogP contribution < -0.4 is 20.7 Å². The molecule has 25 heavy (non-hydrogen) atoms. The lowest BCUT2D eigenvalue weighted by molar-refractivity contribution is 0.262. The van der Waals surface area contributed by atoms with Gasteiger partial charge in [-0.25, -0.2) is 4.79 Å². The third-order valence-electron chi connectivity index (χ3n) is 3.17. The average Bonchev–Trinajstić information content (AvgIpc) is 3.04. The van der Waals surface area contributed by atoms with Crippen LogP contribution in [0.1, 0.15) is 0 Å². The molecular weight excluding hydrogens is 344 g/mol. The topological polar surface area (TPSA) is 104 Å². The van der Waals surface area contributed by atoms with Crippen LogP contribution in [0.15, 0.2) is 48.5 Å². The van der Waals surface area contributed by atoms with E-state index in [-0.39, 0.29) is 5.95 Å². The first-order chi connectivity index (χ1) is 12.1. The third-order valence-corrected chi connectivity index (χ3v) is 3.43. The fraction of sp³-hybridized carbons (Fsp3) is 0.0625. The molecule has 3 rings (SSSR count). The number of anilines is 4. The van der Waals surface area contributed by atoms with Crippen LogP contribution in [0.25, 0.3) is 0 Å². The van der Waals surface area contributed by atoms with E-state index in [9.17, 15) is 4.79 Å². The van der Waals surface area contributed by atoms with Crippen molar-refractivity contribution in [1.29, 1.82) is 0 Å². The first-order valence-electron chi connectivity index (χ1n) is 7.30. The highest BCUT2D eigenvalue weighted by Gasteiger charge is 2.07. The van der Waals surface area contributed by atoms with Gasteiger partial charge in [-0.3, -0.25) is 10.3 Å². The van der Waals surface area contributed by atoms with E-state index in [2.05, 4.69) is 31.1 Å². The van der Waals surface area contributed by atoms with Gasteiger partial charge in [0.2, 0.25) is 11.9 Å². The van der Waals surface area contributed by atoms with Crippen LogP contribution in [0, 0.1) is 0 Å². The molecule has 0 saturated heterocycles. The molecule has 0 bridgehead atoms. The number of rotatable bonds is 5. The summed E-state index contributed by atoms with van der Waals surface area (Å²) in [5, 5.41) is 16.6. The van der Waals surface area contributed by atoms with E-state index in [4.69, 9.17) is 16.3 Å². The lowest BCUT2D eigenvalue weighted by Gasteiger charge is -2.05. The van der Waals surface area contributed by atoms with Crippen molar-refractivity contribution >= 4 is 40.9 Å². The highest BCUT2D eigenvalue weighted by molar-refractivity contribution is 6.30. The standard InChI is InChI=1S/C16H15ClN6O2/c1-25-13-8-6-11(7-9-13)18-14-20-15(23-22-14)21-16(24)19-12-4-2-10(17)3-5-12/h2-9H,1H3,(H4,18,19,20,21,22,23,24). The average molecular weight is 359 g/mol. The molecule has 0 aliphatic rings. The van der Waals surface area contributed by atoms with Crippen LogP contribution in [0.2, 0.25) is 5.02 Å². The van der Waals surface area contributed by atoms with E-state index in [0.717, 1.165) is 11.4 Å². The molecule has 0 fully saturated rings. The van der Waals surface area contributed by atoms with Crippen LogP contribution in [0.5, 0.6) is 5.75 Å². The first kappa shape index (κ1) is 16.6. The van der Waals surface area contributed by atoms with Crippen molar-refractivity contribution in [2.24, 2.45) is 0 Å². The van der Waals surface area contributed by atoms with Gasteiger partial charge in [-0.15, -0.1) is 10.2 Å². The van der Waals surface area contributed by atoms with Gasteiger partial charge in [0.25, 0.3) is 0 Å². The fourth-order valence-corrected chi connectivity index (χ4v) is 2.11. The predicted molar refractivity (Wildman–Crippen MR) is 96.8 cm³/mol. The normalized spacial score (nSPS) is 10.2. The number of hydrogen-bond acceptors (Lipinski definition) is 5. The highest BCUT2D eigenvalue weighted by atomic mass is 35.5. The predicted octanol–water partition coefficient (Wildman–Crippen LogP) is 3.85. The maximum atomic E-state index is 11.9. The second-order valence-electron chi connectivity index (χ2n) is 4.96. The minimum atomic E-state index is -0.450. The van der Waals surface area contributed by atoms with Crippen molar-refractivity contribution in [3.05, 3.63) is 53.6 Å². The third kappa shape index (κ3) is 4.61. The SMILES string of the molecule is COc1ccc(Nc2nnc(NC(=O)Nc3ccc(Cl)cc3)[nH]2)cc1. The summed E-state index contributed by atoms with van der Waals surface area (Å²) < 4.78 is 5.10. The molecule has 0 radical (unpaired) electrons. The Bertz CT molecular complexity index is 848. The largest absolute Gasteiger partial charge is 0.497 e. The molecule has 0 aliphatic heterocycles. The Kier molecular flexibility index (Phi) is 5.00. The molecule has 0 saturated carbocycles. The second kappa shape index (κ2) is 7.54. The van der Waals surface area contributed by atoms with Crippen LogP contribution in [0.4, 0.5) is 28.1 Å². The number of H-pyrrole nitrogens is 1. The van der Waals surface area contributed by atoms with Crippen molar-refractivity contribution in [2.45, 2.75) is 0 Å². The molecular formula is C16H15ClN6O2. The van der Waals surface area contributed by atoms with Crippen LogP contribution in [0.3, 0.4) is 0 Å². The van der Waals surface area contributed by atoms with Gasteiger partial charge < -0.3 is 15.4 Å². The van der Waals surface area contributed by atoms with E-state index in [1.165, 1.54) is 0 Å². The number of methoxy groups -OCH3 is 1. The number of carbonyl (C=O) groups excluding carboxylic acids is 1. The smallest absolute Gasteiger partial charge is 0.326 e. The van der Waals surface area contributed by atoms with Crippen molar-refractivity contribution < 1.29 is 9.53 Å². The van der Waals surface area contributed by atoms with E-state index >= 15 is 0 Å². The molecule has 0 unspecified atom stereocenters. The van der Waals surface area contributed by atoms with Gasteiger partial charge in [0.15, 0.2) is 0 Å². The number of carbonyl (C=O) groups is 1. The molecule has 2 aromatic carbocycles. The van der Waals surface area contributed by atoms with Crippen molar-refractivity contribution in [3.8, 4) is 5.75 Å². The Balaban J connectivity index is 1.57. The molecule has 1 heterocycles. The molecule has 4 N–H and O–H groups in total. The first-order valence-corrected chi connectivity index (χ1v) is 7.67. The summed E-state index contributed by atoms with van der Waals surface area (Å²) in [6, 6.07) is 13.6. The summed E-state index contributed by atoms with van der Waals surface area (Å²) in [5.41, 5.74) is 1.41. The van der Waals surface area contributed by atoms with Crippen molar-refractivity contribution in [3.63, 3.8) is 0 Å². The summed E-state index contributed by atoms with van der Waals surface area (Å²) in [6.07, 6.45) is 0. The quantitative estimate of drug-likeness (QED) is 0.554. The molecule has 8 nitrogen and oxygen atoms in total. The summed E-state index contributed by atoms with van der Waals surface area (Å²) >= 11 is 5.80. The van der Waals surface area contributed by atoms with Crippen LogP contribution in [-0.4, -0.2) is 28.3 Å². The number of hydrogen-bond donors (Lipinski definition) is 4. The van der Waals surface area contributed by atoms with Gasteiger partial charge in [-0.1, -0.05) is 11.6 Å². The van der Waals surface area contributed by atoms with E-state index < -0.39 is 6.03 Å². The number of nitrogens with zero attached hydrogens (tertiary/aromatic N) is 2. The maximum Gasteiger partial charge on any atom is 0.326 e. The molecule has 0 aliphatic carbocycles. The number of aromatic amines is 1. The molecule has 2 amide bonds. The van der Waals surface area contributed by atoms with Crippen molar-refractivity contribution in [1.82, 2.24) is 15.2 Å². The molecule has 0 atom stereocenters. The van der Waals surface area contributed by atoms with Gasteiger partial charge in [0.05, 0.1) is 7.11 Å². The molecule has 1 aromatic heterocycles. The second-order valence-corrected chi connectivity index (χ2v) is 5.40. The fourth-order valence-electron chi connectivity index (χ4n) is 1.99. The van der Waals surface area contributed by atoms with Crippen molar-refractivity contribution in [2.75, 3.05) is 23.1 Å². The summed E-state index contributed by atoms with van der Waals surface area (Å²) in [5.74, 6) is 1.36. The Hall–Kier alpha value is -3.26. The van der Waals surface area contributed by atoms with E-state index in [0.29, 0.717) is 16.7 Å². The Morgan fingerprint density at radius 3 is 2.28 bits per heavy atom.